The van der Waals surface area contributed by atoms with Crippen molar-refractivity contribution in [2.24, 2.45) is 0 Å². The number of piperazine rings is 1. The summed E-state index contributed by atoms with van der Waals surface area (Å²) in [6.45, 7) is 6.03. The van der Waals surface area contributed by atoms with Crippen LogP contribution in [-0.2, 0) is 26.0 Å². The molecule has 0 aromatic carbocycles. The molecule has 0 saturated carbocycles. The van der Waals surface area contributed by atoms with Crippen molar-refractivity contribution < 1.29 is 18.0 Å². The third kappa shape index (κ3) is 6.06. The minimum atomic E-state index is -3.06. The number of carbonyl (C=O) groups is 2. The molecular weight excluding hydrogens is 436 g/mol. The van der Waals surface area contributed by atoms with Crippen molar-refractivity contribution in [3.05, 3.63) is 22.4 Å². The standard InChI is InChI=1S/C21H32N4O4S2/c26-20(24-6-1-2-7-24)15-22-8-10-23(11-9-22)16-21(27)25(14-19-4-3-12-30-19)18-5-13-31(28,29)17-18/h3-4,12,18H,1-2,5-11,13-17H2/t18-/m0/s1. The molecule has 172 valence electrons. The average Bonchev–Trinajstić information content (AvgIpc) is 3.49. The highest BCUT2D eigenvalue weighted by Crippen LogP contribution is 2.22. The Hall–Kier alpha value is -1.49. The summed E-state index contributed by atoms with van der Waals surface area (Å²) in [6, 6.07) is 3.71. The number of sulfone groups is 1. The number of hydrogen-bond donors (Lipinski definition) is 0. The van der Waals surface area contributed by atoms with Crippen LogP contribution < -0.4 is 0 Å². The van der Waals surface area contributed by atoms with Gasteiger partial charge in [-0.25, -0.2) is 8.42 Å². The summed E-state index contributed by atoms with van der Waals surface area (Å²) in [5.74, 6) is 0.440. The Morgan fingerprint density at radius 1 is 1.03 bits per heavy atom. The molecule has 31 heavy (non-hydrogen) atoms. The molecule has 0 N–H and O–H groups in total. The van der Waals surface area contributed by atoms with E-state index in [9.17, 15) is 18.0 Å². The largest absolute Gasteiger partial charge is 0.342 e. The first-order valence-corrected chi connectivity index (χ1v) is 13.8. The number of rotatable bonds is 7. The summed E-state index contributed by atoms with van der Waals surface area (Å²) in [5, 5.41) is 1.98. The molecule has 3 fully saturated rings. The van der Waals surface area contributed by atoms with Crippen molar-refractivity contribution in [1.29, 1.82) is 0 Å². The Morgan fingerprint density at radius 2 is 1.71 bits per heavy atom. The first-order valence-electron chi connectivity index (χ1n) is 11.1. The number of hydrogen-bond acceptors (Lipinski definition) is 7. The van der Waals surface area contributed by atoms with Gasteiger partial charge in [-0.1, -0.05) is 6.07 Å². The first-order chi connectivity index (χ1) is 14.9. The molecular formula is C21H32N4O4S2. The highest BCUT2D eigenvalue weighted by atomic mass is 32.2. The molecule has 1 aromatic heterocycles. The fraction of sp³-hybridized carbons (Fsp3) is 0.714. The van der Waals surface area contributed by atoms with Crippen LogP contribution in [0.3, 0.4) is 0 Å². The minimum absolute atomic E-state index is 0.00269. The molecule has 0 spiro atoms. The van der Waals surface area contributed by atoms with Crippen molar-refractivity contribution in [2.45, 2.75) is 31.8 Å². The monoisotopic (exact) mass is 468 g/mol. The van der Waals surface area contributed by atoms with Gasteiger partial charge in [0.15, 0.2) is 9.84 Å². The van der Waals surface area contributed by atoms with Crippen LogP contribution in [0.4, 0.5) is 0 Å². The fourth-order valence-electron chi connectivity index (χ4n) is 4.66. The lowest BCUT2D eigenvalue weighted by Crippen LogP contribution is -2.53. The molecule has 3 saturated heterocycles. The van der Waals surface area contributed by atoms with Gasteiger partial charge in [-0.05, 0) is 30.7 Å². The van der Waals surface area contributed by atoms with Gasteiger partial charge in [-0.15, -0.1) is 11.3 Å². The van der Waals surface area contributed by atoms with E-state index >= 15 is 0 Å². The van der Waals surface area contributed by atoms with Gasteiger partial charge in [0.05, 0.1) is 31.1 Å². The Bertz CT molecular complexity index is 860. The summed E-state index contributed by atoms with van der Waals surface area (Å²) >= 11 is 1.59. The maximum atomic E-state index is 13.2. The number of likely N-dealkylation sites (tertiary alicyclic amines) is 1. The molecule has 4 heterocycles. The second kappa shape index (κ2) is 9.97. The molecule has 4 rings (SSSR count). The van der Waals surface area contributed by atoms with Gasteiger partial charge >= 0.3 is 0 Å². The molecule has 8 nitrogen and oxygen atoms in total. The van der Waals surface area contributed by atoms with Crippen LogP contribution in [0.1, 0.15) is 24.1 Å². The maximum Gasteiger partial charge on any atom is 0.237 e. The molecule has 0 radical (unpaired) electrons. The van der Waals surface area contributed by atoms with Crippen molar-refractivity contribution in [2.75, 3.05) is 63.9 Å². The van der Waals surface area contributed by atoms with Crippen LogP contribution in [-0.4, -0.2) is 110 Å². The van der Waals surface area contributed by atoms with Gasteiger partial charge in [0.1, 0.15) is 0 Å². The van der Waals surface area contributed by atoms with E-state index in [4.69, 9.17) is 0 Å². The summed E-state index contributed by atoms with van der Waals surface area (Å²) < 4.78 is 24.0. The lowest BCUT2D eigenvalue weighted by Gasteiger charge is -2.36. The average molecular weight is 469 g/mol. The Labute approximate surface area is 188 Å². The van der Waals surface area contributed by atoms with Crippen molar-refractivity contribution in [3.63, 3.8) is 0 Å². The Balaban J connectivity index is 1.29. The van der Waals surface area contributed by atoms with Crippen LogP contribution in [0.2, 0.25) is 0 Å². The normalized spacial score (nSPS) is 24.5. The zero-order valence-electron chi connectivity index (χ0n) is 17.9. The summed E-state index contributed by atoms with van der Waals surface area (Å²) in [4.78, 5) is 34.7. The third-order valence-corrected chi connectivity index (χ3v) is 9.13. The SMILES string of the molecule is O=C(CN1CCN(CC(=O)N(Cc2cccs2)[C@H]2CCS(=O)(=O)C2)CC1)N1CCCC1. The maximum absolute atomic E-state index is 13.2. The lowest BCUT2D eigenvalue weighted by atomic mass is 10.2. The van der Waals surface area contributed by atoms with E-state index in [0.29, 0.717) is 26.1 Å². The first kappa shape index (κ1) is 22.7. The van der Waals surface area contributed by atoms with Crippen molar-refractivity contribution in [3.8, 4) is 0 Å². The fourth-order valence-corrected chi connectivity index (χ4v) is 7.09. The molecule has 10 heteroatoms. The smallest absolute Gasteiger partial charge is 0.237 e. The van der Waals surface area contributed by atoms with Crippen LogP contribution in [0.15, 0.2) is 17.5 Å². The summed E-state index contributed by atoms with van der Waals surface area (Å²) in [6.07, 6.45) is 2.73. The number of nitrogens with zero attached hydrogens (tertiary/aromatic N) is 4. The zero-order valence-corrected chi connectivity index (χ0v) is 19.6. The van der Waals surface area contributed by atoms with E-state index in [1.807, 2.05) is 22.4 Å². The van der Waals surface area contributed by atoms with Crippen LogP contribution in [0.25, 0.3) is 0 Å². The van der Waals surface area contributed by atoms with Crippen molar-refractivity contribution >= 4 is 33.0 Å². The summed E-state index contributed by atoms with van der Waals surface area (Å²) in [7, 11) is -3.06. The quantitative estimate of drug-likeness (QED) is 0.580. The number of carbonyl (C=O) groups excluding carboxylic acids is 2. The molecule has 1 aromatic rings. The van der Waals surface area contributed by atoms with Gasteiger partial charge in [0.2, 0.25) is 11.8 Å². The van der Waals surface area contributed by atoms with Gasteiger partial charge in [-0.3, -0.25) is 19.4 Å². The molecule has 0 bridgehead atoms. The predicted molar refractivity (Wildman–Crippen MR) is 121 cm³/mol. The van der Waals surface area contributed by atoms with Crippen LogP contribution in [0.5, 0.6) is 0 Å². The van der Waals surface area contributed by atoms with E-state index in [-0.39, 0.29) is 29.4 Å². The van der Waals surface area contributed by atoms with E-state index in [1.165, 1.54) is 0 Å². The van der Waals surface area contributed by atoms with Gasteiger partial charge < -0.3 is 9.80 Å². The Morgan fingerprint density at radius 3 is 2.29 bits per heavy atom. The van der Waals surface area contributed by atoms with Crippen molar-refractivity contribution in [1.82, 2.24) is 19.6 Å². The Kier molecular flexibility index (Phi) is 7.30. The lowest BCUT2D eigenvalue weighted by molar-refractivity contribution is -0.136. The molecule has 0 unspecified atom stereocenters. The highest BCUT2D eigenvalue weighted by Gasteiger charge is 2.35. The highest BCUT2D eigenvalue weighted by molar-refractivity contribution is 7.91. The molecule has 3 aliphatic rings. The molecule has 0 aliphatic carbocycles. The number of thiophene rings is 1. The van der Waals surface area contributed by atoms with E-state index < -0.39 is 9.84 Å². The number of amides is 2. The van der Waals surface area contributed by atoms with E-state index in [2.05, 4.69) is 9.80 Å². The second-order valence-corrected chi connectivity index (χ2v) is 12.1. The summed E-state index contributed by atoms with van der Waals surface area (Å²) in [5.41, 5.74) is 0. The predicted octanol–water partition coefficient (Wildman–Crippen LogP) is 0.504. The zero-order chi connectivity index (χ0) is 21.8. The van der Waals surface area contributed by atoms with E-state index in [1.54, 1.807) is 16.2 Å². The topological polar surface area (TPSA) is 81.2 Å². The molecule has 2 amide bonds. The molecule has 3 aliphatic heterocycles. The van der Waals surface area contributed by atoms with Crippen LogP contribution in [0, 0.1) is 0 Å². The third-order valence-electron chi connectivity index (χ3n) is 6.52. The second-order valence-electron chi connectivity index (χ2n) is 8.80. The molecule has 1 atom stereocenters. The van der Waals surface area contributed by atoms with Gasteiger partial charge in [-0.2, -0.15) is 0 Å². The van der Waals surface area contributed by atoms with Crippen LogP contribution >= 0.6 is 11.3 Å². The minimum Gasteiger partial charge on any atom is -0.342 e. The van der Waals surface area contributed by atoms with Gasteiger partial charge in [0, 0.05) is 50.2 Å². The van der Waals surface area contributed by atoms with E-state index in [0.717, 1.165) is 57.0 Å². The van der Waals surface area contributed by atoms with Gasteiger partial charge in [0.25, 0.3) is 0 Å².